The van der Waals surface area contributed by atoms with Crippen LogP contribution in [-0.4, -0.2) is 38.0 Å². The number of hydrogen-bond acceptors (Lipinski definition) is 5. The minimum Gasteiger partial charge on any atom is -0.508 e. The highest BCUT2D eigenvalue weighted by Gasteiger charge is 2.11. The van der Waals surface area contributed by atoms with E-state index >= 15 is 0 Å². The molecule has 1 aromatic heterocycles. The third kappa shape index (κ3) is 3.55. The molecule has 0 unspecified atom stereocenters. The summed E-state index contributed by atoms with van der Waals surface area (Å²) in [5.41, 5.74) is 6.94. The van der Waals surface area contributed by atoms with Crippen LogP contribution in [0, 0.1) is 0 Å². The fraction of sp³-hybridized carbons (Fsp3) is 0.308. The molecule has 0 spiro atoms. The number of aromatic hydroxyl groups is 1. The molecular formula is C13H17N5O2. The molecule has 0 fully saturated rings. The van der Waals surface area contributed by atoms with Gasteiger partial charge in [-0.15, -0.1) is 5.10 Å². The van der Waals surface area contributed by atoms with Crippen molar-refractivity contribution in [2.75, 3.05) is 7.05 Å². The van der Waals surface area contributed by atoms with E-state index in [9.17, 15) is 9.90 Å². The molecule has 0 atom stereocenters. The molecule has 0 saturated heterocycles. The topological polar surface area (TPSA) is 97.3 Å². The van der Waals surface area contributed by atoms with Crippen LogP contribution < -0.4 is 5.73 Å². The first-order valence-electron chi connectivity index (χ1n) is 6.19. The van der Waals surface area contributed by atoms with Crippen LogP contribution in [0.4, 0.5) is 0 Å². The van der Waals surface area contributed by atoms with E-state index in [1.165, 1.54) is 4.68 Å². The normalized spacial score (nSPS) is 10.5. The third-order valence-electron chi connectivity index (χ3n) is 2.85. The molecule has 0 aliphatic heterocycles. The molecule has 7 heteroatoms. The Hall–Kier alpha value is -2.41. The number of nitrogens with zero attached hydrogens (tertiary/aromatic N) is 4. The van der Waals surface area contributed by atoms with Gasteiger partial charge in [0.1, 0.15) is 12.3 Å². The van der Waals surface area contributed by atoms with Gasteiger partial charge < -0.3 is 15.7 Å². The second-order valence-corrected chi connectivity index (χ2v) is 4.53. The van der Waals surface area contributed by atoms with Gasteiger partial charge in [0.25, 0.3) is 0 Å². The van der Waals surface area contributed by atoms with E-state index in [-0.39, 0.29) is 18.2 Å². The van der Waals surface area contributed by atoms with Gasteiger partial charge in [-0.05, 0) is 17.7 Å². The number of nitrogens with two attached hydrogens (primary N) is 1. The molecule has 20 heavy (non-hydrogen) atoms. The van der Waals surface area contributed by atoms with Crippen molar-refractivity contribution in [1.29, 1.82) is 0 Å². The molecule has 106 valence electrons. The van der Waals surface area contributed by atoms with Crippen LogP contribution >= 0.6 is 0 Å². The zero-order chi connectivity index (χ0) is 14.5. The van der Waals surface area contributed by atoms with Gasteiger partial charge in [0, 0.05) is 20.1 Å². The Balaban J connectivity index is 1.95. The molecule has 2 aromatic rings. The molecule has 0 radical (unpaired) electrons. The number of aromatic nitrogens is 3. The van der Waals surface area contributed by atoms with Gasteiger partial charge >= 0.3 is 0 Å². The van der Waals surface area contributed by atoms with Gasteiger partial charge in [-0.2, -0.15) is 0 Å². The van der Waals surface area contributed by atoms with Crippen molar-refractivity contribution < 1.29 is 9.90 Å². The molecule has 7 nitrogen and oxygen atoms in total. The molecule has 0 saturated carbocycles. The molecule has 1 heterocycles. The number of phenolic OH excluding ortho intramolecular Hbond substituents is 1. The van der Waals surface area contributed by atoms with Crippen LogP contribution in [0.25, 0.3) is 0 Å². The number of hydrogen-bond donors (Lipinski definition) is 2. The molecule has 0 bridgehead atoms. The number of rotatable bonds is 5. The Bertz CT molecular complexity index is 596. The van der Waals surface area contributed by atoms with E-state index in [1.807, 2.05) is 6.07 Å². The Morgan fingerprint density at radius 3 is 2.95 bits per heavy atom. The van der Waals surface area contributed by atoms with Crippen LogP contribution in [0.3, 0.4) is 0 Å². The average Bonchev–Trinajstić information content (AvgIpc) is 2.86. The summed E-state index contributed by atoms with van der Waals surface area (Å²) in [6.45, 7) is 0.835. The number of phenols is 1. The second-order valence-electron chi connectivity index (χ2n) is 4.53. The number of benzene rings is 1. The largest absolute Gasteiger partial charge is 0.508 e. The van der Waals surface area contributed by atoms with Crippen molar-refractivity contribution >= 4 is 5.91 Å². The first-order valence-corrected chi connectivity index (χ1v) is 6.19. The third-order valence-corrected chi connectivity index (χ3v) is 2.85. The lowest BCUT2D eigenvalue weighted by Gasteiger charge is -2.17. The summed E-state index contributed by atoms with van der Waals surface area (Å²) >= 11 is 0. The van der Waals surface area contributed by atoms with Gasteiger partial charge in [-0.25, -0.2) is 4.68 Å². The van der Waals surface area contributed by atoms with E-state index in [2.05, 4.69) is 10.3 Å². The standard InChI is InChI=1S/C13H17N5O2/c1-17(7-10-3-2-4-12(19)5-10)13(20)9-18-8-11(6-14)15-16-18/h2-5,8,19H,6-7,9,14H2,1H3. The highest BCUT2D eigenvalue weighted by atomic mass is 16.3. The maximum atomic E-state index is 12.0. The maximum Gasteiger partial charge on any atom is 0.244 e. The zero-order valence-electron chi connectivity index (χ0n) is 11.2. The van der Waals surface area contributed by atoms with Gasteiger partial charge in [0.15, 0.2) is 0 Å². The Morgan fingerprint density at radius 1 is 1.50 bits per heavy atom. The van der Waals surface area contributed by atoms with E-state index in [1.54, 1.807) is 36.3 Å². The number of carbonyl (C=O) groups excluding carboxylic acids is 1. The number of amides is 1. The zero-order valence-corrected chi connectivity index (χ0v) is 11.2. The predicted octanol–water partition coefficient (Wildman–Crippen LogP) is 0.101. The van der Waals surface area contributed by atoms with Crippen molar-refractivity contribution in [3.05, 3.63) is 41.7 Å². The lowest BCUT2D eigenvalue weighted by molar-refractivity contribution is -0.131. The van der Waals surface area contributed by atoms with Crippen molar-refractivity contribution in [3.8, 4) is 5.75 Å². The van der Waals surface area contributed by atoms with Gasteiger partial charge in [0.2, 0.25) is 5.91 Å². The first-order chi connectivity index (χ1) is 9.58. The average molecular weight is 275 g/mol. The predicted molar refractivity (Wildman–Crippen MR) is 72.5 cm³/mol. The first kappa shape index (κ1) is 14.0. The Labute approximate surface area is 116 Å². The Morgan fingerprint density at radius 2 is 2.30 bits per heavy atom. The highest BCUT2D eigenvalue weighted by Crippen LogP contribution is 2.12. The lowest BCUT2D eigenvalue weighted by atomic mass is 10.2. The van der Waals surface area contributed by atoms with E-state index in [0.29, 0.717) is 18.8 Å². The van der Waals surface area contributed by atoms with Crippen molar-refractivity contribution in [1.82, 2.24) is 19.9 Å². The summed E-state index contributed by atoms with van der Waals surface area (Å²) in [5.74, 6) is 0.0917. The van der Waals surface area contributed by atoms with Gasteiger partial charge in [-0.3, -0.25) is 4.79 Å². The van der Waals surface area contributed by atoms with Crippen LogP contribution in [-0.2, 0) is 24.4 Å². The smallest absolute Gasteiger partial charge is 0.244 e. The van der Waals surface area contributed by atoms with Crippen LogP contribution in [0.5, 0.6) is 5.75 Å². The SMILES string of the molecule is CN(Cc1cccc(O)c1)C(=O)Cn1cc(CN)nn1. The fourth-order valence-corrected chi connectivity index (χ4v) is 1.79. The molecule has 2 rings (SSSR count). The molecule has 3 N–H and O–H groups in total. The van der Waals surface area contributed by atoms with Gasteiger partial charge in [-0.1, -0.05) is 17.3 Å². The monoisotopic (exact) mass is 275 g/mol. The molecule has 0 aliphatic rings. The van der Waals surface area contributed by atoms with Crippen molar-refractivity contribution in [3.63, 3.8) is 0 Å². The van der Waals surface area contributed by atoms with Crippen molar-refractivity contribution in [2.45, 2.75) is 19.6 Å². The van der Waals surface area contributed by atoms with E-state index in [4.69, 9.17) is 5.73 Å². The molecule has 1 aromatic carbocycles. The second kappa shape index (κ2) is 6.16. The summed E-state index contributed by atoms with van der Waals surface area (Å²) in [6.07, 6.45) is 1.65. The van der Waals surface area contributed by atoms with Crippen molar-refractivity contribution in [2.24, 2.45) is 5.73 Å². The minimum absolute atomic E-state index is 0.0955. The summed E-state index contributed by atoms with van der Waals surface area (Å²) in [6, 6.07) is 6.82. The van der Waals surface area contributed by atoms with Crippen LogP contribution in [0.1, 0.15) is 11.3 Å². The lowest BCUT2D eigenvalue weighted by Crippen LogP contribution is -2.30. The molecule has 1 amide bonds. The minimum atomic E-state index is -0.0955. The summed E-state index contributed by atoms with van der Waals surface area (Å²) in [5, 5.41) is 17.0. The number of carbonyl (C=O) groups is 1. The van der Waals surface area contributed by atoms with E-state index < -0.39 is 0 Å². The van der Waals surface area contributed by atoms with Crippen LogP contribution in [0.15, 0.2) is 30.5 Å². The van der Waals surface area contributed by atoms with Crippen LogP contribution in [0.2, 0.25) is 0 Å². The summed E-state index contributed by atoms with van der Waals surface area (Å²) < 4.78 is 1.46. The number of likely N-dealkylation sites (N-methyl/N-ethyl adjacent to an activating group) is 1. The highest BCUT2D eigenvalue weighted by molar-refractivity contribution is 5.75. The summed E-state index contributed by atoms with van der Waals surface area (Å²) in [7, 11) is 1.70. The molecular weight excluding hydrogens is 258 g/mol. The summed E-state index contributed by atoms with van der Waals surface area (Å²) in [4.78, 5) is 13.6. The fourth-order valence-electron chi connectivity index (χ4n) is 1.79. The van der Waals surface area contributed by atoms with Gasteiger partial charge in [0.05, 0.1) is 11.9 Å². The maximum absolute atomic E-state index is 12.0. The quantitative estimate of drug-likeness (QED) is 0.806. The van der Waals surface area contributed by atoms with E-state index in [0.717, 1.165) is 5.56 Å². The Kier molecular flexibility index (Phi) is 4.31. The molecule has 0 aliphatic carbocycles.